The maximum absolute atomic E-state index is 13.5. The summed E-state index contributed by atoms with van der Waals surface area (Å²) in [5.74, 6) is -2.89. The second kappa shape index (κ2) is 48.2. The second-order valence-electron chi connectivity index (χ2n) is 24.0. The van der Waals surface area contributed by atoms with E-state index in [9.17, 15) is 69.4 Å². The van der Waals surface area contributed by atoms with E-state index in [0.29, 0.717) is 25.7 Å². The van der Waals surface area contributed by atoms with E-state index in [0.717, 1.165) is 78.2 Å². The molecule has 0 bridgehead atoms. The second-order valence-corrected chi connectivity index (χ2v) is 25.8. The van der Waals surface area contributed by atoms with E-state index in [-0.39, 0.29) is 70.4 Å². The van der Waals surface area contributed by atoms with E-state index in [1.165, 1.54) is 45.4 Å². The lowest BCUT2D eigenvalue weighted by Gasteiger charge is -2.49. The zero-order chi connectivity index (χ0) is 68.6. The first kappa shape index (κ1) is 83.6. The van der Waals surface area contributed by atoms with Crippen LogP contribution in [0.2, 0.25) is 0 Å². The smallest absolute Gasteiger partial charge is 0.461 e. The highest BCUT2D eigenvalue weighted by Crippen LogP contribution is 2.48. The minimum Gasteiger partial charge on any atom is -0.461 e. The topological polar surface area (TPSA) is 402 Å². The molecule has 8 unspecified atom stereocenters. The van der Waals surface area contributed by atoms with Gasteiger partial charge in [-0.25, -0.2) is 4.57 Å². The number of phosphoric ester groups is 1. The van der Waals surface area contributed by atoms with E-state index in [1.54, 1.807) is 12.2 Å². The van der Waals surface area contributed by atoms with E-state index in [2.05, 4.69) is 41.9 Å². The van der Waals surface area contributed by atoms with Crippen LogP contribution in [0.25, 0.3) is 0 Å². The quantitative estimate of drug-likeness (QED) is 0.0175. The van der Waals surface area contributed by atoms with Crippen molar-refractivity contribution in [3.05, 3.63) is 24.3 Å². The minimum absolute atomic E-state index is 0.0432. The van der Waals surface area contributed by atoms with Crippen molar-refractivity contribution in [3.8, 4) is 0 Å². The monoisotopic (exact) mass is 1360 g/mol. The highest BCUT2D eigenvalue weighted by molar-refractivity contribution is 7.48. The van der Waals surface area contributed by atoms with Crippen molar-refractivity contribution in [2.24, 2.45) is 5.92 Å². The summed E-state index contributed by atoms with van der Waals surface area (Å²) in [6, 6.07) is -1.49. The number of aliphatic hydroxyl groups is 8. The zero-order valence-electron chi connectivity index (χ0n) is 55.7. The molecule has 0 aromatic carbocycles. The molecule has 3 saturated heterocycles. The molecule has 3 heterocycles. The molecule has 540 valence electrons. The Balaban J connectivity index is 1.47. The third-order valence-electron chi connectivity index (χ3n) is 16.2. The number of aliphatic hydroxyl groups excluding tert-OH is 8. The van der Waals surface area contributed by atoms with Crippen molar-refractivity contribution in [2.45, 2.75) is 287 Å². The van der Waals surface area contributed by atoms with Gasteiger partial charge in [-0.2, -0.15) is 0 Å². The SMILES string of the molecule is C/C=C\C(CCCCCC)C(=O)OC[C@H](COP(=O)(OC)OCCNC(=O)CCCCC(=O)NCCCO[C@@H]1OC(CO)[C@H](O)[C@H](O[C@H]2OC(CO)[C@H](O)[C@H](O)C2NC(C)=O)C1O[C@@H]1OC(C)[C@@H](O)[C@H](O)C1O)OC(=O)CCCCCCC/C=C/CCCCCCCC. The van der Waals surface area contributed by atoms with Crippen LogP contribution in [0.1, 0.15) is 189 Å². The molecule has 3 amide bonds. The van der Waals surface area contributed by atoms with E-state index in [1.807, 2.05) is 6.92 Å². The van der Waals surface area contributed by atoms with Gasteiger partial charge in [0.15, 0.2) is 25.0 Å². The summed E-state index contributed by atoms with van der Waals surface area (Å²) < 4.78 is 76.4. The number of rotatable bonds is 50. The third kappa shape index (κ3) is 32.1. The van der Waals surface area contributed by atoms with Crippen LogP contribution in [0.3, 0.4) is 0 Å². The Kier molecular flexibility index (Phi) is 43.3. The molecule has 0 radical (unpaired) electrons. The molecular weight excluding hydrogens is 1240 g/mol. The first-order valence-electron chi connectivity index (χ1n) is 33.8. The van der Waals surface area contributed by atoms with Gasteiger partial charge in [0.2, 0.25) is 17.7 Å². The number of phosphoric acid groups is 1. The van der Waals surface area contributed by atoms with Crippen LogP contribution in [0, 0.1) is 5.92 Å². The van der Waals surface area contributed by atoms with Crippen LogP contribution in [-0.2, 0) is 80.0 Å². The highest BCUT2D eigenvalue weighted by atomic mass is 31.2. The number of nitrogens with one attached hydrogen (secondary N) is 3. The summed E-state index contributed by atoms with van der Waals surface area (Å²) in [7, 11) is -3.15. The predicted octanol–water partition coefficient (Wildman–Crippen LogP) is 4.25. The number of esters is 2. The number of allylic oxidation sites excluding steroid dienone is 3. The third-order valence-corrected chi connectivity index (χ3v) is 17.6. The van der Waals surface area contributed by atoms with E-state index in [4.69, 9.17) is 51.5 Å². The van der Waals surface area contributed by atoms with Crippen LogP contribution in [0.4, 0.5) is 0 Å². The fourth-order valence-electron chi connectivity index (χ4n) is 10.7. The Hall–Kier alpha value is -3.62. The molecule has 3 aliphatic heterocycles. The Labute approximate surface area is 549 Å². The minimum atomic E-state index is -4.26. The lowest BCUT2D eigenvalue weighted by atomic mass is 9.95. The summed E-state index contributed by atoms with van der Waals surface area (Å²) >= 11 is 0. The van der Waals surface area contributed by atoms with Gasteiger partial charge in [-0.05, 0) is 71.6 Å². The molecule has 3 fully saturated rings. The van der Waals surface area contributed by atoms with Crippen LogP contribution >= 0.6 is 7.82 Å². The van der Waals surface area contributed by atoms with Crippen molar-refractivity contribution in [1.82, 2.24) is 16.0 Å². The van der Waals surface area contributed by atoms with Gasteiger partial charge in [0.1, 0.15) is 73.7 Å². The molecule has 0 aromatic rings. The van der Waals surface area contributed by atoms with E-state index < -0.39 is 150 Å². The molecule has 18 atom stereocenters. The predicted molar refractivity (Wildman–Crippen MR) is 338 cm³/mol. The van der Waals surface area contributed by atoms with Crippen LogP contribution in [-0.4, -0.2) is 229 Å². The number of hydrogen-bond donors (Lipinski definition) is 11. The Bertz CT molecular complexity index is 2190. The van der Waals surface area contributed by atoms with Crippen molar-refractivity contribution in [2.75, 3.05) is 59.8 Å². The Morgan fingerprint density at radius 1 is 0.591 bits per heavy atom. The molecule has 0 aromatic heterocycles. The molecular formula is C64H114N3O25P. The van der Waals surface area contributed by atoms with Crippen molar-refractivity contribution < 1.29 is 121 Å². The molecule has 0 saturated carbocycles. The first-order chi connectivity index (χ1) is 44.7. The maximum Gasteiger partial charge on any atom is 0.474 e. The van der Waals surface area contributed by atoms with Gasteiger partial charge in [0.05, 0.1) is 45.1 Å². The number of ether oxygens (including phenoxy) is 8. The maximum atomic E-state index is 13.5. The molecule has 0 aliphatic carbocycles. The lowest BCUT2D eigenvalue weighted by molar-refractivity contribution is -0.385. The number of carbonyl (C=O) groups is 5. The molecule has 11 N–H and O–H groups in total. The summed E-state index contributed by atoms with van der Waals surface area (Å²) in [5, 5.41) is 92.8. The van der Waals surface area contributed by atoms with Crippen LogP contribution < -0.4 is 16.0 Å². The molecule has 29 heteroatoms. The van der Waals surface area contributed by atoms with Gasteiger partial charge in [0.25, 0.3) is 0 Å². The van der Waals surface area contributed by atoms with Crippen molar-refractivity contribution in [3.63, 3.8) is 0 Å². The summed E-state index contributed by atoms with van der Waals surface area (Å²) in [4.78, 5) is 64.0. The average molecular weight is 1360 g/mol. The summed E-state index contributed by atoms with van der Waals surface area (Å²) in [6.07, 6.45) is 4.36. The van der Waals surface area contributed by atoms with Gasteiger partial charge in [-0.1, -0.05) is 115 Å². The van der Waals surface area contributed by atoms with Gasteiger partial charge >= 0.3 is 19.8 Å². The van der Waals surface area contributed by atoms with Gasteiger partial charge in [0, 0.05) is 46.4 Å². The fourth-order valence-corrected chi connectivity index (χ4v) is 11.7. The lowest BCUT2D eigenvalue weighted by Crippen LogP contribution is -2.68. The summed E-state index contributed by atoms with van der Waals surface area (Å²) in [6.45, 7) is 5.77. The highest BCUT2D eigenvalue weighted by Gasteiger charge is 2.54. The molecule has 28 nitrogen and oxygen atoms in total. The standard InChI is InChI=1S/C64H114N3O25P/c1-7-10-12-14-15-16-17-18-19-20-21-22-23-24-26-34-51(73)88-46(41-84-61(80)45(30-9-3)31-25-13-11-8-2)42-86-93(81,82-6)85-38-36-66-50(72)33-28-27-32-49(71)65-35-29-37-83-64-60(92-63-58(79)57(78)53(74)43(4)87-63)59(55(76)48(40-69)90-64)91-62-52(67-44(5)70)56(77)54(75)47(39-68)89-62/h9,18-19,30,43,45-48,52-60,62-64,68-69,74-79H,7-8,10-17,20-29,31-42H2,1-6H3,(H,65,71)(H,66,72)(H,67,70)/b19-18+,30-9-/t43?,45?,46-,47?,48?,52?,53-,54+,55+,56-,57+,58?,59+,60?,62-,63+,64-,93?/m1/s1. The average Bonchev–Trinajstić information content (AvgIpc) is 0.794. The van der Waals surface area contributed by atoms with Crippen molar-refractivity contribution in [1.29, 1.82) is 0 Å². The Morgan fingerprint density at radius 2 is 1.16 bits per heavy atom. The number of hydrogen-bond acceptors (Lipinski definition) is 25. The molecule has 0 spiro atoms. The number of unbranched alkanes of at least 4 members (excludes halogenated alkanes) is 15. The Morgan fingerprint density at radius 3 is 1.77 bits per heavy atom. The van der Waals surface area contributed by atoms with Gasteiger partial charge in [-0.15, -0.1) is 0 Å². The largest absolute Gasteiger partial charge is 0.474 e. The van der Waals surface area contributed by atoms with Crippen molar-refractivity contribution >= 4 is 37.5 Å². The number of amides is 3. The van der Waals surface area contributed by atoms with E-state index >= 15 is 0 Å². The zero-order valence-corrected chi connectivity index (χ0v) is 56.6. The number of carbonyl (C=O) groups excluding carboxylic acids is 5. The molecule has 93 heavy (non-hydrogen) atoms. The first-order valence-corrected chi connectivity index (χ1v) is 35.2. The summed E-state index contributed by atoms with van der Waals surface area (Å²) in [5.41, 5.74) is 0. The normalized spacial score (nSPS) is 28.0. The van der Waals surface area contributed by atoms with Crippen LogP contribution in [0.5, 0.6) is 0 Å². The van der Waals surface area contributed by atoms with Gasteiger partial charge in [-0.3, -0.25) is 37.5 Å². The molecule has 3 aliphatic rings. The van der Waals surface area contributed by atoms with Crippen LogP contribution in [0.15, 0.2) is 24.3 Å². The van der Waals surface area contributed by atoms with Gasteiger partial charge < -0.3 is 94.7 Å². The molecule has 3 rings (SSSR count). The fraction of sp³-hybridized carbons (Fsp3) is 0.859.